The molecule has 32 heavy (non-hydrogen) atoms. The van der Waals surface area contributed by atoms with Gasteiger partial charge in [0.25, 0.3) is 5.91 Å². The van der Waals surface area contributed by atoms with Crippen molar-refractivity contribution in [2.24, 2.45) is 0 Å². The molecule has 4 rings (SSSR count). The Kier molecular flexibility index (Phi) is 5.92. The fraction of sp³-hybridized carbons (Fsp3) is 0.160. The van der Waals surface area contributed by atoms with Gasteiger partial charge in [-0.15, -0.1) is 11.3 Å². The number of benzene rings is 2. The molecule has 0 aliphatic carbocycles. The normalized spacial score (nSPS) is 16.0. The van der Waals surface area contributed by atoms with Gasteiger partial charge in [0.15, 0.2) is 5.76 Å². The average molecular weight is 448 g/mol. The second kappa shape index (κ2) is 8.80. The van der Waals surface area contributed by atoms with Crippen LogP contribution in [0.1, 0.15) is 45.5 Å². The zero-order chi connectivity index (χ0) is 22.8. The minimum absolute atomic E-state index is 0.0342. The minimum atomic E-state index is -0.799. The summed E-state index contributed by atoms with van der Waals surface area (Å²) in [6.07, 6.45) is -0.253. The second-order valence-electron chi connectivity index (χ2n) is 7.56. The van der Waals surface area contributed by atoms with Crippen molar-refractivity contribution in [1.82, 2.24) is 0 Å². The number of aliphatic hydroxyl groups excluding tert-OH is 1. The Labute approximate surface area is 189 Å². The van der Waals surface area contributed by atoms with E-state index >= 15 is 0 Å². The number of anilines is 1. The van der Waals surface area contributed by atoms with Gasteiger partial charge >= 0.3 is 5.97 Å². The molecule has 0 spiro atoms. The molecule has 0 saturated heterocycles. The Hall–Kier alpha value is -3.71. The third-order valence-corrected chi connectivity index (χ3v) is 5.91. The molecular weight excluding hydrogens is 426 g/mol. The second-order valence-corrected chi connectivity index (χ2v) is 8.51. The van der Waals surface area contributed by atoms with E-state index in [1.807, 2.05) is 18.2 Å². The van der Waals surface area contributed by atoms with Crippen LogP contribution in [0.2, 0.25) is 0 Å². The molecule has 7 heteroatoms. The SMILES string of the molecule is CC(C)OC(=O)c1ccc(N2C(=O)C(O)=C(C(=O)c3cccs3)C2c2ccccc2)cc1. The maximum Gasteiger partial charge on any atom is 0.338 e. The lowest BCUT2D eigenvalue weighted by Gasteiger charge is -2.27. The van der Waals surface area contributed by atoms with Crippen molar-refractivity contribution < 1.29 is 24.2 Å². The lowest BCUT2D eigenvalue weighted by molar-refractivity contribution is -0.117. The number of nitrogens with zero attached hydrogens (tertiary/aromatic N) is 1. The van der Waals surface area contributed by atoms with Gasteiger partial charge in [-0.05, 0) is 55.1 Å². The summed E-state index contributed by atoms with van der Waals surface area (Å²) in [5.41, 5.74) is 1.52. The summed E-state index contributed by atoms with van der Waals surface area (Å²) in [4.78, 5) is 40.3. The minimum Gasteiger partial charge on any atom is -0.503 e. The molecule has 3 aromatic rings. The molecular formula is C25H21NO5S. The van der Waals surface area contributed by atoms with Crippen LogP contribution in [0.25, 0.3) is 0 Å². The largest absolute Gasteiger partial charge is 0.503 e. The standard InChI is InChI=1S/C25H21NO5S/c1-15(2)31-25(30)17-10-12-18(13-11-17)26-21(16-7-4-3-5-8-16)20(23(28)24(26)29)22(27)19-9-6-14-32-19/h3-15,21,28H,1-2H3. The van der Waals surface area contributed by atoms with E-state index in [-0.39, 0.29) is 17.5 Å². The van der Waals surface area contributed by atoms with E-state index in [2.05, 4.69) is 0 Å². The summed E-state index contributed by atoms with van der Waals surface area (Å²) < 4.78 is 5.21. The number of esters is 1. The average Bonchev–Trinajstić information content (AvgIpc) is 3.41. The van der Waals surface area contributed by atoms with Crippen LogP contribution >= 0.6 is 11.3 Å². The monoisotopic (exact) mass is 447 g/mol. The van der Waals surface area contributed by atoms with E-state index in [0.29, 0.717) is 21.7 Å². The quantitative estimate of drug-likeness (QED) is 0.420. The molecule has 0 bridgehead atoms. The van der Waals surface area contributed by atoms with E-state index in [9.17, 15) is 19.5 Å². The van der Waals surface area contributed by atoms with E-state index < -0.39 is 23.7 Å². The molecule has 2 aromatic carbocycles. The molecule has 1 amide bonds. The number of amides is 1. The number of ketones is 1. The van der Waals surface area contributed by atoms with E-state index in [1.165, 1.54) is 16.2 Å². The van der Waals surface area contributed by atoms with Gasteiger partial charge in [-0.25, -0.2) is 4.79 Å². The van der Waals surface area contributed by atoms with Crippen LogP contribution in [0, 0.1) is 0 Å². The number of hydrogen-bond donors (Lipinski definition) is 1. The smallest absolute Gasteiger partial charge is 0.338 e. The predicted molar refractivity (Wildman–Crippen MR) is 122 cm³/mol. The lowest BCUT2D eigenvalue weighted by Crippen LogP contribution is -2.31. The Bertz CT molecular complexity index is 1180. The van der Waals surface area contributed by atoms with Crippen LogP contribution in [-0.4, -0.2) is 28.9 Å². The highest BCUT2D eigenvalue weighted by Crippen LogP contribution is 2.42. The zero-order valence-electron chi connectivity index (χ0n) is 17.5. The molecule has 0 fully saturated rings. The van der Waals surface area contributed by atoms with Crippen molar-refractivity contribution in [3.05, 3.63) is 99.4 Å². The number of carbonyl (C=O) groups excluding carboxylic acids is 3. The third kappa shape index (κ3) is 3.94. The molecule has 0 saturated carbocycles. The highest BCUT2D eigenvalue weighted by molar-refractivity contribution is 7.12. The third-order valence-electron chi connectivity index (χ3n) is 5.04. The molecule has 2 heterocycles. The summed E-state index contributed by atoms with van der Waals surface area (Å²) in [6, 6.07) is 18.0. The van der Waals surface area contributed by atoms with Gasteiger partial charge in [-0.1, -0.05) is 36.4 Å². The topological polar surface area (TPSA) is 83.9 Å². The van der Waals surface area contributed by atoms with Gasteiger partial charge in [0.05, 0.1) is 28.2 Å². The summed E-state index contributed by atoms with van der Waals surface area (Å²) in [6.45, 7) is 3.53. The summed E-state index contributed by atoms with van der Waals surface area (Å²) >= 11 is 1.25. The van der Waals surface area contributed by atoms with Crippen LogP contribution in [0.5, 0.6) is 0 Å². The summed E-state index contributed by atoms with van der Waals surface area (Å²) in [7, 11) is 0. The molecule has 1 aromatic heterocycles. The van der Waals surface area contributed by atoms with Crippen molar-refractivity contribution >= 4 is 34.7 Å². The van der Waals surface area contributed by atoms with Crippen LogP contribution in [-0.2, 0) is 9.53 Å². The van der Waals surface area contributed by atoms with Crippen molar-refractivity contribution in [3.63, 3.8) is 0 Å². The van der Waals surface area contributed by atoms with Crippen LogP contribution in [0.3, 0.4) is 0 Å². The Morgan fingerprint density at radius 2 is 1.69 bits per heavy atom. The number of ether oxygens (including phenoxy) is 1. The molecule has 1 N–H and O–H groups in total. The van der Waals surface area contributed by atoms with Crippen molar-refractivity contribution in [2.75, 3.05) is 4.90 Å². The zero-order valence-corrected chi connectivity index (χ0v) is 18.3. The van der Waals surface area contributed by atoms with Crippen molar-refractivity contribution in [2.45, 2.75) is 26.0 Å². The van der Waals surface area contributed by atoms with Crippen LogP contribution in [0.4, 0.5) is 5.69 Å². The lowest BCUT2D eigenvalue weighted by atomic mass is 9.95. The number of carbonyl (C=O) groups is 3. The first-order chi connectivity index (χ1) is 15.4. The van der Waals surface area contributed by atoms with Gasteiger partial charge in [0.2, 0.25) is 5.78 Å². The first-order valence-electron chi connectivity index (χ1n) is 10.1. The van der Waals surface area contributed by atoms with E-state index in [1.54, 1.807) is 67.8 Å². The van der Waals surface area contributed by atoms with Crippen molar-refractivity contribution in [3.8, 4) is 0 Å². The molecule has 1 aliphatic rings. The molecule has 1 atom stereocenters. The summed E-state index contributed by atoms with van der Waals surface area (Å²) in [5, 5.41) is 12.5. The summed E-state index contributed by atoms with van der Waals surface area (Å²) in [5.74, 6) is -2.09. The first kappa shape index (κ1) is 21.5. The van der Waals surface area contributed by atoms with Gasteiger partial charge < -0.3 is 9.84 Å². The van der Waals surface area contributed by atoms with E-state index in [4.69, 9.17) is 4.74 Å². The highest BCUT2D eigenvalue weighted by Gasteiger charge is 2.44. The number of thiophene rings is 1. The molecule has 6 nitrogen and oxygen atoms in total. The fourth-order valence-corrected chi connectivity index (χ4v) is 4.31. The van der Waals surface area contributed by atoms with Gasteiger partial charge in [0.1, 0.15) is 0 Å². The fourth-order valence-electron chi connectivity index (χ4n) is 3.63. The van der Waals surface area contributed by atoms with Gasteiger partial charge in [-0.3, -0.25) is 14.5 Å². The number of rotatable bonds is 6. The number of hydrogen-bond acceptors (Lipinski definition) is 6. The van der Waals surface area contributed by atoms with Gasteiger partial charge in [-0.2, -0.15) is 0 Å². The van der Waals surface area contributed by atoms with Crippen LogP contribution < -0.4 is 4.90 Å². The highest BCUT2D eigenvalue weighted by atomic mass is 32.1. The predicted octanol–water partition coefficient (Wildman–Crippen LogP) is 5.10. The van der Waals surface area contributed by atoms with Crippen molar-refractivity contribution in [1.29, 1.82) is 0 Å². The Morgan fingerprint density at radius 1 is 1.00 bits per heavy atom. The number of Topliss-reactive ketones (excluding diaryl/α,β-unsaturated/α-hetero) is 1. The molecule has 162 valence electrons. The maximum atomic E-state index is 13.2. The first-order valence-corrected chi connectivity index (χ1v) is 11.0. The van der Waals surface area contributed by atoms with E-state index in [0.717, 1.165) is 0 Å². The van der Waals surface area contributed by atoms with Gasteiger partial charge in [0, 0.05) is 5.69 Å². The maximum absolute atomic E-state index is 13.2. The van der Waals surface area contributed by atoms with Crippen LogP contribution in [0.15, 0.2) is 83.4 Å². The molecule has 0 radical (unpaired) electrons. The molecule has 1 unspecified atom stereocenters. The number of aliphatic hydroxyl groups is 1. The Balaban J connectivity index is 1.76. The molecule has 1 aliphatic heterocycles. The Morgan fingerprint density at radius 3 is 2.28 bits per heavy atom.